The van der Waals surface area contributed by atoms with Gasteiger partial charge in [0.25, 0.3) is 0 Å². The number of H-pyrrole nitrogens is 1. The van der Waals surface area contributed by atoms with E-state index in [1.54, 1.807) is 4.57 Å². The van der Waals surface area contributed by atoms with Crippen LogP contribution in [-0.4, -0.2) is 25.0 Å². The second-order valence-corrected chi connectivity index (χ2v) is 7.53. The number of amides is 1. The lowest BCUT2D eigenvalue weighted by molar-refractivity contribution is -0.122. The van der Waals surface area contributed by atoms with E-state index in [-0.39, 0.29) is 30.1 Å². The summed E-state index contributed by atoms with van der Waals surface area (Å²) < 4.78 is 3.21. The highest BCUT2D eigenvalue weighted by molar-refractivity contribution is 5.81. The lowest BCUT2D eigenvalue weighted by Gasteiger charge is -2.20. The monoisotopic (exact) mass is 391 g/mol. The van der Waals surface area contributed by atoms with Crippen LogP contribution in [0.25, 0.3) is 22.1 Å². The quantitative estimate of drug-likeness (QED) is 0.529. The fourth-order valence-corrected chi connectivity index (χ4v) is 3.76. The molecule has 7 heteroatoms. The number of hydrogen-bond donors (Lipinski definition) is 2. The van der Waals surface area contributed by atoms with Crippen LogP contribution < -0.4 is 11.0 Å². The number of carbonyl (C=O) groups is 1. The van der Waals surface area contributed by atoms with Crippen molar-refractivity contribution >= 4 is 28.0 Å². The van der Waals surface area contributed by atoms with Crippen LogP contribution in [0.5, 0.6) is 0 Å². The molecule has 4 aromatic rings. The summed E-state index contributed by atoms with van der Waals surface area (Å²) in [6, 6.07) is 15.1. The first-order chi connectivity index (χ1) is 14.0. The average Bonchev–Trinajstić information content (AvgIpc) is 3.25. The Labute approximate surface area is 168 Å². The molecule has 0 saturated heterocycles. The fraction of sp³-hybridized carbons (Fsp3) is 0.318. The molecule has 0 aliphatic heterocycles. The van der Waals surface area contributed by atoms with E-state index in [0.717, 1.165) is 27.9 Å². The molecule has 1 amide bonds. The number of aryl methyl sites for hydroxylation is 1. The Kier molecular flexibility index (Phi) is 4.96. The van der Waals surface area contributed by atoms with Crippen molar-refractivity contribution in [1.82, 2.24) is 24.4 Å². The van der Waals surface area contributed by atoms with Gasteiger partial charge in [0.05, 0.1) is 28.1 Å². The van der Waals surface area contributed by atoms with E-state index in [2.05, 4.69) is 15.3 Å². The number of aromatic amines is 1. The predicted octanol–water partition coefficient (Wildman–Crippen LogP) is 3.21. The lowest BCUT2D eigenvalue weighted by atomic mass is 10.0. The van der Waals surface area contributed by atoms with Crippen molar-refractivity contribution in [3.05, 3.63) is 64.8 Å². The van der Waals surface area contributed by atoms with Crippen LogP contribution >= 0.6 is 0 Å². The number of benzene rings is 2. The third-order valence-electron chi connectivity index (χ3n) is 5.23. The molecule has 7 nitrogen and oxygen atoms in total. The molecule has 1 atom stereocenters. The Bertz CT molecular complexity index is 1200. The van der Waals surface area contributed by atoms with Crippen molar-refractivity contribution in [1.29, 1.82) is 0 Å². The number of nitrogens with one attached hydrogen (secondary N) is 2. The minimum Gasteiger partial charge on any atom is -0.344 e. The zero-order chi connectivity index (χ0) is 20.5. The van der Waals surface area contributed by atoms with Crippen molar-refractivity contribution in [2.45, 2.75) is 39.9 Å². The van der Waals surface area contributed by atoms with Crippen molar-refractivity contribution in [3.8, 4) is 0 Å². The van der Waals surface area contributed by atoms with E-state index < -0.39 is 0 Å². The van der Waals surface area contributed by atoms with Crippen molar-refractivity contribution in [3.63, 3.8) is 0 Å². The highest BCUT2D eigenvalue weighted by Gasteiger charge is 2.23. The normalized spacial score (nSPS) is 12.7. The number of rotatable bonds is 6. The summed E-state index contributed by atoms with van der Waals surface area (Å²) in [5, 5.41) is 3.06. The maximum Gasteiger partial charge on any atom is 0.329 e. The summed E-state index contributed by atoms with van der Waals surface area (Å²) in [6.07, 6.45) is 0. The number of fused-ring (bicyclic) bond motifs is 2. The second kappa shape index (κ2) is 7.58. The van der Waals surface area contributed by atoms with Gasteiger partial charge in [-0.2, -0.15) is 0 Å². The van der Waals surface area contributed by atoms with E-state index in [1.807, 2.05) is 69.3 Å². The van der Waals surface area contributed by atoms with Crippen LogP contribution in [0.3, 0.4) is 0 Å². The molecule has 0 aliphatic rings. The number of nitrogens with zero attached hydrogens (tertiary/aromatic N) is 3. The maximum atomic E-state index is 12.9. The molecule has 2 aromatic carbocycles. The summed E-state index contributed by atoms with van der Waals surface area (Å²) >= 11 is 0. The van der Waals surface area contributed by atoms with Gasteiger partial charge in [-0.3, -0.25) is 13.9 Å². The zero-order valence-corrected chi connectivity index (χ0v) is 16.8. The third kappa shape index (κ3) is 3.44. The van der Waals surface area contributed by atoms with Crippen LogP contribution in [0.1, 0.15) is 32.6 Å². The molecule has 29 heavy (non-hydrogen) atoms. The Hall–Kier alpha value is -3.35. The highest BCUT2D eigenvalue weighted by Crippen LogP contribution is 2.22. The minimum absolute atomic E-state index is 0.0319. The molecule has 4 rings (SSSR count). The molecular weight excluding hydrogens is 366 g/mol. The minimum atomic E-state index is -0.273. The van der Waals surface area contributed by atoms with Crippen molar-refractivity contribution in [2.24, 2.45) is 5.92 Å². The molecule has 2 N–H and O–H groups in total. The molecule has 0 fully saturated rings. The van der Waals surface area contributed by atoms with Gasteiger partial charge in [0.1, 0.15) is 12.4 Å². The highest BCUT2D eigenvalue weighted by atomic mass is 16.2. The first-order valence-electron chi connectivity index (χ1n) is 9.91. The molecule has 2 aromatic heterocycles. The van der Waals surface area contributed by atoms with Gasteiger partial charge >= 0.3 is 5.69 Å². The molecule has 2 heterocycles. The topological polar surface area (TPSA) is 84.7 Å². The molecule has 150 valence electrons. The SMILES string of the molecule is CCn1c(=O)n(CC(=O)N[C@H](c2nc3ccccc3[nH]2)C(C)C)c2ccccc21. The van der Waals surface area contributed by atoms with Crippen LogP contribution in [0.15, 0.2) is 53.3 Å². The Morgan fingerprint density at radius 2 is 1.72 bits per heavy atom. The number of para-hydroxylation sites is 4. The third-order valence-corrected chi connectivity index (χ3v) is 5.23. The molecule has 0 aliphatic carbocycles. The first-order valence-corrected chi connectivity index (χ1v) is 9.91. The predicted molar refractivity (Wildman–Crippen MR) is 114 cm³/mol. The number of aromatic nitrogens is 4. The zero-order valence-electron chi connectivity index (χ0n) is 16.8. The smallest absolute Gasteiger partial charge is 0.329 e. The summed E-state index contributed by atoms with van der Waals surface area (Å²) in [5.74, 6) is 0.636. The largest absolute Gasteiger partial charge is 0.344 e. The van der Waals surface area contributed by atoms with Gasteiger partial charge in [-0.25, -0.2) is 9.78 Å². The van der Waals surface area contributed by atoms with Gasteiger partial charge in [0.15, 0.2) is 0 Å². The van der Waals surface area contributed by atoms with Gasteiger partial charge in [-0.05, 0) is 37.1 Å². The van der Waals surface area contributed by atoms with E-state index in [0.29, 0.717) is 6.54 Å². The summed E-state index contributed by atoms with van der Waals surface area (Å²) in [7, 11) is 0. The summed E-state index contributed by atoms with van der Waals surface area (Å²) in [4.78, 5) is 33.6. The molecule has 0 bridgehead atoms. The van der Waals surface area contributed by atoms with Crippen LogP contribution in [-0.2, 0) is 17.9 Å². The van der Waals surface area contributed by atoms with E-state index in [9.17, 15) is 9.59 Å². The molecule has 0 spiro atoms. The Balaban J connectivity index is 1.62. The van der Waals surface area contributed by atoms with Crippen molar-refractivity contribution < 1.29 is 4.79 Å². The molecular formula is C22H25N5O2. The van der Waals surface area contributed by atoms with Gasteiger partial charge in [0.2, 0.25) is 5.91 Å². The second-order valence-electron chi connectivity index (χ2n) is 7.53. The fourth-order valence-electron chi connectivity index (χ4n) is 3.76. The van der Waals surface area contributed by atoms with Gasteiger partial charge in [-0.1, -0.05) is 38.1 Å². The molecule has 0 unspecified atom stereocenters. The average molecular weight is 391 g/mol. The van der Waals surface area contributed by atoms with Crippen LogP contribution in [0, 0.1) is 5.92 Å². The number of carbonyl (C=O) groups excluding carboxylic acids is 1. The lowest BCUT2D eigenvalue weighted by Crippen LogP contribution is -2.37. The van der Waals surface area contributed by atoms with E-state index in [4.69, 9.17) is 0 Å². The van der Waals surface area contributed by atoms with Gasteiger partial charge in [0, 0.05) is 6.54 Å². The Morgan fingerprint density at radius 1 is 1.07 bits per heavy atom. The standard InChI is InChI=1S/C22H25N5O2/c1-4-26-17-11-7-8-12-18(17)27(22(26)29)13-19(28)25-20(14(2)3)21-23-15-9-5-6-10-16(15)24-21/h5-12,14,20H,4,13H2,1-3H3,(H,23,24)(H,25,28)/t20-/m0/s1. The van der Waals surface area contributed by atoms with Gasteiger partial charge < -0.3 is 10.3 Å². The van der Waals surface area contributed by atoms with Crippen LogP contribution in [0.4, 0.5) is 0 Å². The van der Waals surface area contributed by atoms with Crippen molar-refractivity contribution in [2.75, 3.05) is 0 Å². The Morgan fingerprint density at radius 3 is 2.38 bits per heavy atom. The first kappa shape index (κ1) is 19.0. The number of hydrogen-bond acceptors (Lipinski definition) is 3. The van der Waals surface area contributed by atoms with E-state index in [1.165, 1.54) is 4.57 Å². The summed E-state index contributed by atoms with van der Waals surface area (Å²) in [6.45, 7) is 6.52. The van der Waals surface area contributed by atoms with Gasteiger partial charge in [-0.15, -0.1) is 0 Å². The summed E-state index contributed by atoms with van der Waals surface area (Å²) in [5.41, 5.74) is 3.23. The maximum absolute atomic E-state index is 12.9. The van der Waals surface area contributed by atoms with E-state index >= 15 is 0 Å². The molecule has 0 radical (unpaired) electrons. The molecule has 0 saturated carbocycles. The number of imidazole rings is 2. The van der Waals surface area contributed by atoms with Crippen LogP contribution in [0.2, 0.25) is 0 Å².